The number of aromatic nitrogens is 2. The molecule has 1 aliphatic carbocycles. The first kappa shape index (κ1) is 19.2. The second kappa shape index (κ2) is 7.71. The Hall–Kier alpha value is -3.13. The maximum Gasteiger partial charge on any atom is 0.348 e. The Morgan fingerprint density at radius 2 is 2.10 bits per heavy atom. The highest BCUT2D eigenvalue weighted by Crippen LogP contribution is 2.48. The standard InChI is InChI=1S/C21H20N2O5S/c1-4-27-20(25)19-15-7-5-12-10-22-23-18(12)17(15)21(29-19)28-13-6-8-14(11(2)24)16(9-13)26-3/h6,8-10H,4-5,7H2,1-3H3,(H,22,23). The summed E-state index contributed by atoms with van der Waals surface area (Å²) in [5.41, 5.74) is 4.18. The van der Waals surface area contributed by atoms with Crippen LogP contribution < -0.4 is 9.47 Å². The number of esters is 1. The average Bonchev–Trinajstić information content (AvgIpc) is 3.32. The number of carbonyl (C=O) groups excluding carboxylic acids is 2. The van der Waals surface area contributed by atoms with Crippen LogP contribution in [0, 0.1) is 0 Å². The maximum atomic E-state index is 12.5. The Morgan fingerprint density at radius 3 is 2.83 bits per heavy atom. The monoisotopic (exact) mass is 412 g/mol. The van der Waals surface area contributed by atoms with Crippen LogP contribution in [0.1, 0.15) is 45.0 Å². The van der Waals surface area contributed by atoms with E-state index >= 15 is 0 Å². The van der Waals surface area contributed by atoms with Crippen molar-refractivity contribution in [3.63, 3.8) is 0 Å². The molecule has 0 fully saturated rings. The third-order valence-electron chi connectivity index (χ3n) is 4.81. The summed E-state index contributed by atoms with van der Waals surface area (Å²) in [6.45, 7) is 3.57. The molecule has 1 aromatic carbocycles. The summed E-state index contributed by atoms with van der Waals surface area (Å²) in [5, 5.41) is 7.75. The van der Waals surface area contributed by atoms with Gasteiger partial charge in [-0.05, 0) is 49.9 Å². The van der Waals surface area contributed by atoms with Crippen LogP contribution in [0.4, 0.5) is 0 Å². The summed E-state index contributed by atoms with van der Waals surface area (Å²) >= 11 is 1.26. The van der Waals surface area contributed by atoms with Crippen molar-refractivity contribution < 1.29 is 23.8 Å². The summed E-state index contributed by atoms with van der Waals surface area (Å²) in [5.74, 6) is 0.510. The Morgan fingerprint density at radius 1 is 1.28 bits per heavy atom. The van der Waals surface area contributed by atoms with E-state index in [1.165, 1.54) is 25.4 Å². The lowest BCUT2D eigenvalue weighted by Crippen LogP contribution is -2.08. The molecular formula is C21H20N2O5S. The molecule has 8 heteroatoms. The molecule has 0 saturated heterocycles. The van der Waals surface area contributed by atoms with Crippen LogP contribution in [-0.2, 0) is 17.6 Å². The molecule has 0 unspecified atom stereocenters. The number of fused-ring (bicyclic) bond motifs is 3. The first-order valence-corrected chi connectivity index (χ1v) is 10.1. The van der Waals surface area contributed by atoms with Gasteiger partial charge in [-0.25, -0.2) is 4.79 Å². The molecule has 2 aromatic heterocycles. The summed E-state index contributed by atoms with van der Waals surface area (Å²) in [4.78, 5) is 24.8. The minimum absolute atomic E-state index is 0.0893. The predicted octanol–water partition coefficient (Wildman–Crippen LogP) is 4.42. The van der Waals surface area contributed by atoms with Crippen molar-refractivity contribution in [1.82, 2.24) is 10.2 Å². The van der Waals surface area contributed by atoms with E-state index < -0.39 is 0 Å². The van der Waals surface area contributed by atoms with Crippen molar-refractivity contribution in [2.45, 2.75) is 26.7 Å². The second-order valence-corrected chi connectivity index (χ2v) is 7.57. The number of ether oxygens (including phenoxy) is 3. The fraction of sp³-hybridized carbons (Fsp3) is 0.286. The van der Waals surface area contributed by atoms with E-state index in [4.69, 9.17) is 14.2 Å². The molecule has 2 heterocycles. The summed E-state index contributed by atoms with van der Waals surface area (Å²) < 4.78 is 16.7. The van der Waals surface area contributed by atoms with Gasteiger partial charge in [0.05, 0.1) is 36.7 Å². The van der Waals surface area contributed by atoms with E-state index in [0.717, 1.165) is 28.8 Å². The largest absolute Gasteiger partial charge is 0.496 e. The lowest BCUT2D eigenvalue weighted by Gasteiger charge is -2.15. The number of nitrogens with zero attached hydrogens (tertiary/aromatic N) is 1. The van der Waals surface area contributed by atoms with Crippen molar-refractivity contribution in [2.24, 2.45) is 0 Å². The Labute approximate surface area is 171 Å². The van der Waals surface area contributed by atoms with E-state index in [0.29, 0.717) is 40.0 Å². The highest BCUT2D eigenvalue weighted by atomic mass is 32.1. The van der Waals surface area contributed by atoms with Crippen LogP contribution in [0.5, 0.6) is 16.6 Å². The minimum Gasteiger partial charge on any atom is -0.496 e. The van der Waals surface area contributed by atoms with E-state index in [9.17, 15) is 9.59 Å². The number of ketones is 1. The van der Waals surface area contributed by atoms with Gasteiger partial charge in [0, 0.05) is 6.07 Å². The molecule has 7 nitrogen and oxygen atoms in total. The third kappa shape index (κ3) is 3.40. The van der Waals surface area contributed by atoms with Crippen LogP contribution in [0.3, 0.4) is 0 Å². The topological polar surface area (TPSA) is 90.5 Å². The molecule has 150 valence electrons. The first-order chi connectivity index (χ1) is 14.0. The van der Waals surface area contributed by atoms with Gasteiger partial charge >= 0.3 is 5.97 Å². The highest BCUT2D eigenvalue weighted by Gasteiger charge is 2.31. The van der Waals surface area contributed by atoms with Gasteiger partial charge in [0.1, 0.15) is 16.4 Å². The van der Waals surface area contributed by atoms with Gasteiger partial charge in [0.15, 0.2) is 10.8 Å². The molecule has 1 N–H and O–H groups in total. The number of hydrogen-bond donors (Lipinski definition) is 1. The smallest absolute Gasteiger partial charge is 0.348 e. The summed E-state index contributed by atoms with van der Waals surface area (Å²) in [7, 11) is 1.51. The van der Waals surface area contributed by atoms with Crippen LogP contribution in [-0.4, -0.2) is 35.7 Å². The van der Waals surface area contributed by atoms with Gasteiger partial charge in [-0.2, -0.15) is 5.10 Å². The van der Waals surface area contributed by atoms with Crippen molar-refractivity contribution in [1.29, 1.82) is 0 Å². The van der Waals surface area contributed by atoms with Crippen molar-refractivity contribution in [2.75, 3.05) is 13.7 Å². The van der Waals surface area contributed by atoms with Gasteiger partial charge in [-0.3, -0.25) is 9.89 Å². The second-order valence-electron chi connectivity index (χ2n) is 6.58. The van der Waals surface area contributed by atoms with Crippen LogP contribution in [0.15, 0.2) is 24.4 Å². The van der Waals surface area contributed by atoms with E-state index in [1.54, 1.807) is 31.3 Å². The molecule has 29 heavy (non-hydrogen) atoms. The summed E-state index contributed by atoms with van der Waals surface area (Å²) in [6.07, 6.45) is 3.31. The summed E-state index contributed by atoms with van der Waals surface area (Å²) in [6, 6.07) is 5.06. The lowest BCUT2D eigenvalue weighted by atomic mass is 9.92. The Bertz CT molecular complexity index is 1100. The maximum absolute atomic E-state index is 12.5. The molecule has 0 atom stereocenters. The van der Waals surface area contributed by atoms with Gasteiger partial charge < -0.3 is 14.2 Å². The third-order valence-corrected chi connectivity index (χ3v) is 5.90. The SMILES string of the molecule is CCOC(=O)c1sc(Oc2ccc(C(C)=O)c(OC)c2)c2c1CCc1cn[nH]c1-2. The number of H-pyrrole nitrogens is 1. The number of hydrogen-bond acceptors (Lipinski definition) is 7. The van der Waals surface area contributed by atoms with Crippen LogP contribution >= 0.6 is 11.3 Å². The molecule has 0 amide bonds. The molecule has 0 spiro atoms. The number of Topliss-reactive ketones (excluding diaryl/α,β-unsaturated/α-hetero) is 1. The lowest BCUT2D eigenvalue weighted by molar-refractivity contribution is 0.0530. The van der Waals surface area contributed by atoms with E-state index in [-0.39, 0.29) is 11.8 Å². The van der Waals surface area contributed by atoms with E-state index in [1.807, 2.05) is 0 Å². The fourth-order valence-electron chi connectivity index (χ4n) is 3.48. The van der Waals surface area contributed by atoms with Crippen molar-refractivity contribution in [3.05, 3.63) is 46.0 Å². The van der Waals surface area contributed by atoms with Crippen LogP contribution in [0.2, 0.25) is 0 Å². The van der Waals surface area contributed by atoms with Gasteiger partial charge in [0.2, 0.25) is 0 Å². The molecule has 1 aliphatic rings. The molecule has 0 bridgehead atoms. The van der Waals surface area contributed by atoms with Crippen molar-refractivity contribution >= 4 is 23.1 Å². The molecule has 4 rings (SSSR count). The van der Waals surface area contributed by atoms with Crippen molar-refractivity contribution in [3.8, 4) is 27.8 Å². The zero-order chi connectivity index (χ0) is 20.5. The molecule has 3 aromatic rings. The fourth-order valence-corrected chi connectivity index (χ4v) is 4.60. The number of aryl methyl sites for hydroxylation is 1. The van der Waals surface area contributed by atoms with E-state index in [2.05, 4.69) is 10.2 Å². The number of methoxy groups -OCH3 is 1. The zero-order valence-electron chi connectivity index (χ0n) is 16.3. The number of aromatic amines is 1. The number of nitrogens with one attached hydrogen (secondary N) is 1. The van der Waals surface area contributed by atoms with Crippen LogP contribution in [0.25, 0.3) is 11.3 Å². The first-order valence-electron chi connectivity index (χ1n) is 9.25. The average molecular weight is 412 g/mol. The minimum atomic E-state index is -0.351. The Kier molecular flexibility index (Phi) is 5.10. The van der Waals surface area contributed by atoms with Gasteiger partial charge in [-0.1, -0.05) is 11.3 Å². The molecule has 0 radical (unpaired) electrons. The highest BCUT2D eigenvalue weighted by molar-refractivity contribution is 7.16. The number of rotatable bonds is 6. The Balaban J connectivity index is 1.79. The predicted molar refractivity (Wildman–Crippen MR) is 108 cm³/mol. The van der Waals surface area contributed by atoms with Gasteiger partial charge in [0.25, 0.3) is 0 Å². The number of thiophene rings is 1. The zero-order valence-corrected chi connectivity index (χ0v) is 17.1. The molecular weight excluding hydrogens is 392 g/mol. The number of carbonyl (C=O) groups is 2. The number of benzene rings is 1. The van der Waals surface area contributed by atoms with Gasteiger partial charge in [-0.15, -0.1) is 0 Å². The quantitative estimate of drug-likeness (QED) is 0.476. The molecule has 0 saturated carbocycles. The normalized spacial score (nSPS) is 12.1. The molecule has 0 aliphatic heterocycles.